The Bertz CT molecular complexity index is 1350. The lowest BCUT2D eigenvalue weighted by Crippen LogP contribution is -2.48. The van der Waals surface area contributed by atoms with Crippen LogP contribution in [0.1, 0.15) is 19.4 Å². The zero-order valence-electron chi connectivity index (χ0n) is 22.1. The first kappa shape index (κ1) is 29.7. The number of anilines is 1. The molecule has 0 aromatic heterocycles. The number of aliphatic hydroxyl groups excluding tert-OH is 1. The molecule has 0 aliphatic carbocycles. The van der Waals surface area contributed by atoms with Gasteiger partial charge in [0, 0.05) is 30.8 Å². The minimum absolute atomic E-state index is 0.0200. The van der Waals surface area contributed by atoms with Crippen molar-refractivity contribution in [1.29, 1.82) is 0 Å². The number of fused-ring (bicyclic) bond motifs is 1. The molecule has 0 bridgehead atoms. The summed E-state index contributed by atoms with van der Waals surface area (Å²) in [5.41, 5.74) is 0.714. The molecule has 0 saturated heterocycles. The smallest absolute Gasteiger partial charge is 0.242 e. The topological polar surface area (TPSA) is 143 Å². The number of nitrogens with one attached hydrogen (secondary N) is 1. The van der Waals surface area contributed by atoms with E-state index in [0.29, 0.717) is 17.1 Å². The molecule has 13 heteroatoms. The largest absolute Gasteiger partial charge is 0.497 e. The van der Waals surface area contributed by atoms with E-state index in [1.165, 1.54) is 42.7 Å². The van der Waals surface area contributed by atoms with Crippen LogP contribution in [0.2, 0.25) is 0 Å². The Morgan fingerprint density at radius 1 is 1.18 bits per heavy atom. The summed E-state index contributed by atoms with van der Waals surface area (Å²) in [6.45, 7) is 3.53. The van der Waals surface area contributed by atoms with Gasteiger partial charge in [0.1, 0.15) is 17.6 Å². The molecule has 1 aliphatic heterocycles. The SMILES string of the molecule is COc1ccc(S(=O)(=O)N(C)C[C@H]2Oc3ccc(NS(C)(=O)=O)cc3CC(=O)N([C@H](C)CO)C[C@H]2C)cc1. The summed E-state index contributed by atoms with van der Waals surface area (Å²) >= 11 is 0. The molecule has 0 fully saturated rings. The molecule has 0 radical (unpaired) electrons. The van der Waals surface area contributed by atoms with E-state index >= 15 is 0 Å². The highest BCUT2D eigenvalue weighted by molar-refractivity contribution is 7.92. The molecular formula is C25H35N3O8S2. The van der Waals surface area contributed by atoms with Crippen molar-refractivity contribution in [1.82, 2.24) is 9.21 Å². The molecule has 0 unspecified atom stereocenters. The zero-order valence-corrected chi connectivity index (χ0v) is 23.8. The lowest BCUT2D eigenvalue weighted by Gasteiger charge is -2.33. The molecule has 1 aliphatic rings. The Hall–Kier alpha value is -2.87. The van der Waals surface area contributed by atoms with Crippen molar-refractivity contribution >= 4 is 31.6 Å². The summed E-state index contributed by atoms with van der Waals surface area (Å²) in [5, 5.41) is 9.77. The Morgan fingerprint density at radius 3 is 2.42 bits per heavy atom. The second-order valence-corrected chi connectivity index (χ2v) is 13.3. The number of rotatable bonds is 9. The number of hydrogen-bond acceptors (Lipinski definition) is 8. The summed E-state index contributed by atoms with van der Waals surface area (Å²) in [6.07, 6.45) is 0.274. The van der Waals surface area contributed by atoms with Gasteiger partial charge in [-0.3, -0.25) is 9.52 Å². The van der Waals surface area contributed by atoms with Gasteiger partial charge in [0.25, 0.3) is 0 Å². The first-order valence-electron chi connectivity index (χ1n) is 12.0. The highest BCUT2D eigenvalue weighted by atomic mass is 32.2. The van der Waals surface area contributed by atoms with Crippen LogP contribution in [0.25, 0.3) is 0 Å². The van der Waals surface area contributed by atoms with Crippen LogP contribution in [0.3, 0.4) is 0 Å². The van der Waals surface area contributed by atoms with E-state index in [9.17, 15) is 26.7 Å². The monoisotopic (exact) mass is 569 g/mol. The van der Waals surface area contributed by atoms with Crippen molar-refractivity contribution in [3.8, 4) is 11.5 Å². The van der Waals surface area contributed by atoms with Gasteiger partial charge in [0.05, 0.1) is 43.9 Å². The van der Waals surface area contributed by atoms with E-state index in [1.807, 2.05) is 6.92 Å². The average Bonchev–Trinajstić information content (AvgIpc) is 2.90. The Morgan fingerprint density at radius 2 is 1.84 bits per heavy atom. The Kier molecular flexibility index (Phi) is 9.29. The van der Waals surface area contributed by atoms with Gasteiger partial charge in [-0.25, -0.2) is 16.8 Å². The van der Waals surface area contributed by atoms with Gasteiger partial charge < -0.3 is 19.5 Å². The molecule has 1 amide bonds. The minimum atomic E-state index is -3.87. The molecule has 2 N–H and O–H groups in total. The van der Waals surface area contributed by atoms with E-state index in [2.05, 4.69) is 4.72 Å². The van der Waals surface area contributed by atoms with E-state index in [1.54, 1.807) is 30.0 Å². The second kappa shape index (κ2) is 11.9. The maximum Gasteiger partial charge on any atom is 0.242 e. The van der Waals surface area contributed by atoms with Crippen LogP contribution in [0.4, 0.5) is 5.69 Å². The summed E-state index contributed by atoms with van der Waals surface area (Å²) in [4.78, 5) is 14.9. The Labute approximate surface area is 224 Å². The molecule has 0 saturated carbocycles. The fourth-order valence-corrected chi connectivity index (χ4v) is 5.94. The summed E-state index contributed by atoms with van der Waals surface area (Å²) in [5.74, 6) is 0.299. The maximum atomic E-state index is 13.3. The van der Waals surface area contributed by atoms with Gasteiger partial charge in [-0.05, 0) is 49.4 Å². The van der Waals surface area contributed by atoms with E-state index in [4.69, 9.17) is 9.47 Å². The third-order valence-corrected chi connectivity index (χ3v) is 8.87. The molecule has 3 atom stereocenters. The fourth-order valence-electron chi connectivity index (χ4n) is 4.20. The number of nitrogens with zero attached hydrogens (tertiary/aromatic N) is 2. The van der Waals surface area contributed by atoms with Crippen molar-refractivity contribution in [2.45, 2.75) is 37.3 Å². The number of carbonyl (C=O) groups is 1. The normalized spacial score (nSPS) is 19.6. The van der Waals surface area contributed by atoms with Crippen LogP contribution in [0.5, 0.6) is 11.5 Å². The zero-order chi connectivity index (χ0) is 28.3. The van der Waals surface area contributed by atoms with Gasteiger partial charge in [0.15, 0.2) is 0 Å². The van der Waals surface area contributed by atoms with Crippen LogP contribution in [0.15, 0.2) is 47.4 Å². The molecule has 38 heavy (non-hydrogen) atoms. The molecule has 2 aromatic rings. The Balaban J connectivity index is 1.98. The standard InChI is InChI=1S/C25H35N3O8S2/c1-17-14-28(18(2)16-29)25(30)13-19-12-20(26-37(5,31)32)6-11-23(19)36-24(17)15-27(3)38(33,34)22-9-7-21(35-4)8-10-22/h6-12,17-18,24,26,29H,13-16H2,1-5H3/t17-,18-,24-/m1/s1. The van der Waals surface area contributed by atoms with Crippen molar-refractivity contribution in [2.75, 3.05) is 44.8 Å². The molecule has 11 nitrogen and oxygen atoms in total. The van der Waals surface area contributed by atoms with Crippen molar-refractivity contribution in [3.05, 3.63) is 48.0 Å². The van der Waals surface area contributed by atoms with Gasteiger partial charge in [0.2, 0.25) is 26.0 Å². The van der Waals surface area contributed by atoms with E-state index in [-0.39, 0.29) is 48.5 Å². The fraction of sp³-hybridized carbons (Fsp3) is 0.480. The van der Waals surface area contributed by atoms with Crippen molar-refractivity contribution < 1.29 is 36.2 Å². The summed E-state index contributed by atoms with van der Waals surface area (Å²) in [7, 11) is -4.46. The van der Waals surface area contributed by atoms with Crippen LogP contribution in [0, 0.1) is 5.92 Å². The number of carbonyl (C=O) groups excluding carboxylic acids is 1. The second-order valence-electron chi connectivity index (χ2n) is 9.55. The average molecular weight is 570 g/mol. The molecule has 1 heterocycles. The highest BCUT2D eigenvalue weighted by Crippen LogP contribution is 2.30. The third kappa shape index (κ3) is 7.16. The third-order valence-electron chi connectivity index (χ3n) is 6.42. The van der Waals surface area contributed by atoms with E-state index in [0.717, 1.165) is 6.26 Å². The van der Waals surface area contributed by atoms with Crippen LogP contribution >= 0.6 is 0 Å². The first-order chi connectivity index (χ1) is 17.7. The molecule has 0 spiro atoms. The number of ether oxygens (including phenoxy) is 2. The number of hydrogen-bond donors (Lipinski definition) is 2. The van der Waals surface area contributed by atoms with Crippen LogP contribution in [-0.2, 0) is 31.3 Å². The first-order valence-corrected chi connectivity index (χ1v) is 15.4. The van der Waals surface area contributed by atoms with Crippen LogP contribution < -0.4 is 14.2 Å². The highest BCUT2D eigenvalue weighted by Gasteiger charge is 2.33. The van der Waals surface area contributed by atoms with Crippen LogP contribution in [-0.4, -0.2) is 89.3 Å². The molecule has 2 aromatic carbocycles. The van der Waals surface area contributed by atoms with Gasteiger partial charge >= 0.3 is 0 Å². The number of aliphatic hydroxyl groups is 1. The predicted octanol–water partition coefficient (Wildman–Crippen LogP) is 1.54. The molecule has 3 rings (SSSR count). The quantitative estimate of drug-likeness (QED) is 0.463. The van der Waals surface area contributed by atoms with Gasteiger partial charge in [-0.15, -0.1) is 0 Å². The molecule has 210 valence electrons. The lowest BCUT2D eigenvalue weighted by molar-refractivity contribution is -0.134. The summed E-state index contributed by atoms with van der Waals surface area (Å²) in [6, 6.07) is 10.2. The maximum absolute atomic E-state index is 13.3. The van der Waals surface area contributed by atoms with Crippen molar-refractivity contribution in [3.63, 3.8) is 0 Å². The van der Waals surface area contributed by atoms with Crippen molar-refractivity contribution in [2.24, 2.45) is 5.92 Å². The lowest BCUT2D eigenvalue weighted by atomic mass is 10.0. The number of methoxy groups -OCH3 is 1. The number of benzene rings is 2. The summed E-state index contributed by atoms with van der Waals surface area (Å²) < 4.78 is 65.1. The number of amides is 1. The predicted molar refractivity (Wildman–Crippen MR) is 143 cm³/mol. The van der Waals surface area contributed by atoms with Gasteiger partial charge in [-0.2, -0.15) is 4.31 Å². The van der Waals surface area contributed by atoms with E-state index < -0.39 is 32.2 Å². The number of sulfonamides is 2. The minimum Gasteiger partial charge on any atom is -0.497 e. The number of likely N-dealkylation sites (N-methyl/N-ethyl adjacent to an activating group) is 1. The molecular weight excluding hydrogens is 534 g/mol. The van der Waals surface area contributed by atoms with Gasteiger partial charge in [-0.1, -0.05) is 6.92 Å².